The highest BCUT2D eigenvalue weighted by molar-refractivity contribution is 5.96. The summed E-state index contributed by atoms with van der Waals surface area (Å²) < 4.78 is 44.0. The average molecular weight is 440 g/mol. The lowest BCUT2D eigenvalue weighted by atomic mass is 9.99. The fourth-order valence-electron chi connectivity index (χ4n) is 3.61. The lowest BCUT2D eigenvalue weighted by molar-refractivity contribution is -0.137. The third kappa shape index (κ3) is 4.50. The van der Waals surface area contributed by atoms with Gasteiger partial charge in [0.25, 0.3) is 5.91 Å². The molecule has 0 bridgehead atoms. The van der Waals surface area contributed by atoms with Gasteiger partial charge in [-0.3, -0.25) is 9.59 Å². The fraction of sp³-hybridized carbons (Fsp3) is 0.167. The Bertz CT molecular complexity index is 1170. The van der Waals surface area contributed by atoms with E-state index in [0.29, 0.717) is 16.8 Å². The van der Waals surface area contributed by atoms with Crippen LogP contribution in [0, 0.1) is 0 Å². The first-order chi connectivity index (χ1) is 15.2. The zero-order valence-corrected chi connectivity index (χ0v) is 16.9. The van der Waals surface area contributed by atoms with Gasteiger partial charge in [-0.05, 0) is 53.1 Å². The van der Waals surface area contributed by atoms with Gasteiger partial charge in [-0.15, -0.1) is 0 Å². The quantitative estimate of drug-likeness (QED) is 0.648. The van der Waals surface area contributed by atoms with E-state index < -0.39 is 17.6 Å². The van der Waals surface area contributed by atoms with Crippen LogP contribution in [0.15, 0.2) is 66.7 Å². The summed E-state index contributed by atoms with van der Waals surface area (Å²) in [6.07, 6.45) is -4.42. The first-order valence-corrected chi connectivity index (χ1v) is 9.80. The molecule has 164 valence electrons. The molecular formula is C24H19F3N2O3. The molecule has 1 aliphatic rings. The fourth-order valence-corrected chi connectivity index (χ4v) is 3.61. The topological polar surface area (TPSA) is 72.6 Å². The van der Waals surface area contributed by atoms with Crippen molar-refractivity contribution in [3.63, 3.8) is 0 Å². The van der Waals surface area contributed by atoms with Gasteiger partial charge in [0.05, 0.1) is 18.7 Å². The summed E-state index contributed by atoms with van der Waals surface area (Å²) in [6, 6.07) is 17.1. The molecule has 3 aromatic rings. The van der Waals surface area contributed by atoms with Crippen LogP contribution >= 0.6 is 0 Å². The van der Waals surface area contributed by atoms with Gasteiger partial charge in [-0.1, -0.05) is 30.3 Å². The van der Waals surface area contributed by atoms with E-state index in [1.165, 1.54) is 17.0 Å². The van der Waals surface area contributed by atoms with E-state index in [4.69, 9.17) is 10.5 Å². The molecule has 1 aliphatic heterocycles. The molecular weight excluding hydrogens is 421 g/mol. The van der Waals surface area contributed by atoms with Crippen molar-refractivity contribution in [2.24, 2.45) is 5.73 Å². The van der Waals surface area contributed by atoms with Crippen molar-refractivity contribution >= 4 is 17.5 Å². The van der Waals surface area contributed by atoms with Crippen LogP contribution in [0.5, 0.6) is 0 Å². The van der Waals surface area contributed by atoms with E-state index in [0.717, 1.165) is 28.8 Å². The monoisotopic (exact) mass is 440 g/mol. The minimum absolute atomic E-state index is 0.115. The second-order valence-corrected chi connectivity index (χ2v) is 7.46. The van der Waals surface area contributed by atoms with Gasteiger partial charge in [-0.2, -0.15) is 13.2 Å². The summed E-state index contributed by atoms with van der Waals surface area (Å²) in [7, 11) is 0. The van der Waals surface area contributed by atoms with Crippen LogP contribution in [0.4, 0.5) is 18.9 Å². The number of hydrogen-bond acceptors (Lipinski definition) is 3. The smallest absolute Gasteiger partial charge is 0.367 e. The van der Waals surface area contributed by atoms with Crippen LogP contribution in [0.25, 0.3) is 11.1 Å². The number of primary amides is 1. The van der Waals surface area contributed by atoms with E-state index in [2.05, 4.69) is 0 Å². The maximum Gasteiger partial charge on any atom is 0.416 e. The van der Waals surface area contributed by atoms with Gasteiger partial charge in [0, 0.05) is 16.8 Å². The number of rotatable bonds is 4. The molecule has 0 radical (unpaired) electrons. The number of nitrogens with zero attached hydrogens (tertiary/aromatic N) is 1. The largest absolute Gasteiger partial charge is 0.416 e. The molecule has 2 amide bonds. The Morgan fingerprint density at radius 1 is 0.969 bits per heavy atom. The van der Waals surface area contributed by atoms with Crippen molar-refractivity contribution in [2.45, 2.75) is 19.3 Å². The Kier molecular flexibility index (Phi) is 5.71. The van der Waals surface area contributed by atoms with Gasteiger partial charge in [0.15, 0.2) is 0 Å². The van der Waals surface area contributed by atoms with Gasteiger partial charge < -0.3 is 15.4 Å². The molecule has 0 saturated carbocycles. The molecule has 4 rings (SSSR count). The third-order valence-corrected chi connectivity index (χ3v) is 5.26. The van der Waals surface area contributed by atoms with Crippen LogP contribution in [-0.4, -0.2) is 18.4 Å². The standard InChI is InChI=1S/C24H19F3N2O3/c25-24(26,27)20-7-4-15(5-8-20)12-29-21-9-6-17(11-19(21)13-32-14-22(29)30)16-2-1-3-18(10-16)23(28)31/h1-11H,12-14H2,(H2,28,31). The second-order valence-electron chi connectivity index (χ2n) is 7.46. The molecule has 32 heavy (non-hydrogen) atoms. The highest BCUT2D eigenvalue weighted by Crippen LogP contribution is 2.33. The molecule has 3 aromatic carbocycles. The Balaban J connectivity index is 1.66. The minimum Gasteiger partial charge on any atom is -0.367 e. The Hall–Kier alpha value is -3.65. The highest BCUT2D eigenvalue weighted by atomic mass is 19.4. The second kappa shape index (κ2) is 8.47. The van der Waals surface area contributed by atoms with Gasteiger partial charge in [0.1, 0.15) is 6.61 Å². The normalized spacial score (nSPS) is 14.1. The maximum atomic E-state index is 12.8. The van der Waals surface area contributed by atoms with Crippen molar-refractivity contribution in [1.29, 1.82) is 0 Å². The number of nitrogens with two attached hydrogens (primary N) is 1. The molecule has 0 unspecified atom stereocenters. The van der Waals surface area contributed by atoms with Crippen LogP contribution in [0.3, 0.4) is 0 Å². The van der Waals surface area contributed by atoms with Gasteiger partial charge in [-0.25, -0.2) is 0 Å². The van der Waals surface area contributed by atoms with E-state index in [1.54, 1.807) is 24.3 Å². The van der Waals surface area contributed by atoms with Crippen molar-refractivity contribution in [3.8, 4) is 11.1 Å². The predicted octanol–water partition coefficient (Wildman–Crippen LogP) is 4.53. The lowest BCUT2D eigenvalue weighted by Crippen LogP contribution is -2.32. The molecule has 0 fully saturated rings. The number of anilines is 1. The Labute approximate surface area is 182 Å². The van der Waals surface area contributed by atoms with E-state index in [9.17, 15) is 22.8 Å². The van der Waals surface area contributed by atoms with Crippen molar-refractivity contribution in [1.82, 2.24) is 0 Å². The van der Waals surface area contributed by atoms with Crippen LogP contribution in [0.2, 0.25) is 0 Å². The summed E-state index contributed by atoms with van der Waals surface area (Å²) >= 11 is 0. The Morgan fingerprint density at radius 2 is 1.69 bits per heavy atom. The number of alkyl halides is 3. The number of fused-ring (bicyclic) bond motifs is 1. The van der Waals surface area contributed by atoms with Gasteiger partial charge >= 0.3 is 6.18 Å². The number of halogens is 3. The molecule has 0 aliphatic carbocycles. The SMILES string of the molecule is NC(=O)c1cccc(-c2ccc3c(c2)COCC(=O)N3Cc2ccc(C(F)(F)F)cc2)c1. The molecule has 2 N–H and O–H groups in total. The van der Waals surface area contributed by atoms with Crippen LogP contribution in [0.1, 0.15) is 27.0 Å². The number of carbonyl (C=O) groups excluding carboxylic acids is 2. The van der Waals surface area contributed by atoms with E-state index in [1.807, 2.05) is 18.2 Å². The third-order valence-electron chi connectivity index (χ3n) is 5.26. The zero-order valence-electron chi connectivity index (χ0n) is 16.9. The number of benzene rings is 3. The molecule has 0 spiro atoms. The van der Waals surface area contributed by atoms with E-state index >= 15 is 0 Å². The maximum absolute atomic E-state index is 12.8. The highest BCUT2D eigenvalue weighted by Gasteiger charge is 2.30. The predicted molar refractivity (Wildman–Crippen MR) is 113 cm³/mol. The molecule has 0 atom stereocenters. The number of ether oxygens (including phenoxy) is 1. The number of amides is 2. The van der Waals surface area contributed by atoms with E-state index in [-0.39, 0.29) is 25.7 Å². The van der Waals surface area contributed by atoms with Crippen molar-refractivity contribution in [3.05, 3.63) is 89.0 Å². The average Bonchev–Trinajstić information content (AvgIpc) is 2.92. The van der Waals surface area contributed by atoms with Crippen molar-refractivity contribution in [2.75, 3.05) is 11.5 Å². The zero-order chi connectivity index (χ0) is 22.9. The minimum atomic E-state index is -4.42. The first kappa shape index (κ1) is 21.6. The summed E-state index contributed by atoms with van der Waals surface area (Å²) in [6.45, 7) is 0.180. The number of hydrogen-bond donors (Lipinski definition) is 1. The summed E-state index contributed by atoms with van der Waals surface area (Å²) in [5.41, 5.74) is 8.56. The lowest BCUT2D eigenvalue weighted by Gasteiger charge is -2.23. The Morgan fingerprint density at radius 3 is 2.38 bits per heavy atom. The van der Waals surface area contributed by atoms with Crippen molar-refractivity contribution < 1.29 is 27.5 Å². The summed E-state index contributed by atoms with van der Waals surface area (Å²) in [5, 5.41) is 0. The first-order valence-electron chi connectivity index (χ1n) is 9.80. The van der Waals surface area contributed by atoms with Crippen LogP contribution in [-0.2, 0) is 28.9 Å². The molecule has 1 heterocycles. The molecule has 5 nitrogen and oxygen atoms in total. The van der Waals surface area contributed by atoms with Gasteiger partial charge in [0.2, 0.25) is 5.91 Å². The molecule has 8 heteroatoms. The molecule has 0 aromatic heterocycles. The summed E-state index contributed by atoms with van der Waals surface area (Å²) in [4.78, 5) is 25.6. The van der Waals surface area contributed by atoms with Crippen LogP contribution < -0.4 is 10.6 Å². The number of carbonyl (C=O) groups is 2. The summed E-state index contributed by atoms with van der Waals surface area (Å²) in [5.74, 6) is -0.814. The molecule has 0 saturated heterocycles.